The third-order valence-electron chi connectivity index (χ3n) is 5.10. The van der Waals surface area contributed by atoms with Crippen molar-refractivity contribution in [3.63, 3.8) is 0 Å². The van der Waals surface area contributed by atoms with Crippen molar-refractivity contribution in [1.82, 2.24) is 19.2 Å². The molecule has 0 aliphatic rings. The van der Waals surface area contributed by atoms with Gasteiger partial charge in [-0.3, -0.25) is 9.40 Å². The van der Waals surface area contributed by atoms with E-state index in [0.29, 0.717) is 17.1 Å². The van der Waals surface area contributed by atoms with Gasteiger partial charge in [0.2, 0.25) is 0 Å². The number of fused-ring (bicyclic) bond motifs is 1. The second kappa shape index (κ2) is 6.73. The van der Waals surface area contributed by atoms with Crippen LogP contribution in [0.4, 0.5) is 5.69 Å². The molecule has 1 aromatic carbocycles. The fraction of sp³-hybridized carbons (Fsp3) is 0.238. The van der Waals surface area contributed by atoms with Gasteiger partial charge in [0, 0.05) is 25.0 Å². The van der Waals surface area contributed by atoms with Crippen molar-refractivity contribution in [1.29, 1.82) is 0 Å². The predicted molar refractivity (Wildman–Crippen MR) is 114 cm³/mol. The number of pyridine rings is 1. The van der Waals surface area contributed by atoms with E-state index >= 15 is 0 Å². The van der Waals surface area contributed by atoms with Gasteiger partial charge in [0.1, 0.15) is 10.5 Å². The van der Waals surface area contributed by atoms with Gasteiger partial charge in [0.25, 0.3) is 10.0 Å². The van der Waals surface area contributed by atoms with Crippen LogP contribution >= 0.6 is 0 Å². The third-order valence-corrected chi connectivity index (χ3v) is 6.72. The second-order valence-corrected chi connectivity index (χ2v) is 8.97. The number of hydrogen-bond acceptors (Lipinski definition) is 4. The maximum Gasteiger partial charge on any atom is 0.265 e. The molecule has 29 heavy (non-hydrogen) atoms. The van der Waals surface area contributed by atoms with Crippen molar-refractivity contribution >= 4 is 21.4 Å². The lowest BCUT2D eigenvalue weighted by molar-refractivity contribution is 0.599. The molecule has 0 aliphatic carbocycles. The van der Waals surface area contributed by atoms with Crippen LogP contribution in [0.5, 0.6) is 0 Å². The highest BCUT2D eigenvalue weighted by atomic mass is 32.2. The third kappa shape index (κ3) is 3.40. The number of imidazole rings is 1. The van der Waals surface area contributed by atoms with Crippen LogP contribution in [0, 0.1) is 27.7 Å². The molecule has 0 aliphatic heterocycles. The maximum atomic E-state index is 13.1. The summed E-state index contributed by atoms with van der Waals surface area (Å²) in [5.74, 6) is 0. The van der Waals surface area contributed by atoms with Crippen LogP contribution in [-0.2, 0) is 17.1 Å². The zero-order valence-corrected chi connectivity index (χ0v) is 17.9. The molecule has 0 saturated carbocycles. The minimum Gasteiger partial charge on any atom is -0.306 e. The van der Waals surface area contributed by atoms with Crippen molar-refractivity contribution in [2.45, 2.75) is 32.6 Å². The fourth-order valence-electron chi connectivity index (χ4n) is 3.45. The van der Waals surface area contributed by atoms with Gasteiger partial charge in [-0.15, -0.1) is 0 Å². The van der Waals surface area contributed by atoms with Gasteiger partial charge in [0.15, 0.2) is 0 Å². The molecule has 0 radical (unpaired) electrons. The lowest BCUT2D eigenvalue weighted by atomic mass is 10.1. The molecular weight excluding hydrogens is 386 g/mol. The molecule has 4 rings (SSSR count). The van der Waals surface area contributed by atoms with Crippen LogP contribution in [0.15, 0.2) is 47.6 Å². The summed E-state index contributed by atoms with van der Waals surface area (Å²) in [5.41, 5.74) is 6.04. The van der Waals surface area contributed by atoms with Crippen LogP contribution in [0.25, 0.3) is 16.9 Å². The van der Waals surface area contributed by atoms with Gasteiger partial charge in [0.05, 0.1) is 22.8 Å². The van der Waals surface area contributed by atoms with Gasteiger partial charge in [-0.2, -0.15) is 5.10 Å². The maximum absolute atomic E-state index is 13.1. The van der Waals surface area contributed by atoms with Gasteiger partial charge in [-0.1, -0.05) is 12.1 Å². The normalized spacial score (nSPS) is 11.9. The highest BCUT2D eigenvalue weighted by molar-refractivity contribution is 7.92. The number of hydrogen-bond donors (Lipinski definition) is 1. The van der Waals surface area contributed by atoms with Crippen LogP contribution in [0.3, 0.4) is 0 Å². The second-order valence-electron chi connectivity index (χ2n) is 7.35. The Hall–Kier alpha value is -3.13. The predicted octanol–water partition coefficient (Wildman–Crippen LogP) is 3.77. The van der Waals surface area contributed by atoms with Gasteiger partial charge in [-0.05, 0) is 57.0 Å². The molecule has 4 aromatic rings. The summed E-state index contributed by atoms with van der Waals surface area (Å²) in [6.07, 6.45) is 3.90. The molecule has 0 spiro atoms. The Morgan fingerprint density at radius 2 is 1.79 bits per heavy atom. The van der Waals surface area contributed by atoms with Crippen molar-refractivity contribution in [2.24, 2.45) is 7.05 Å². The van der Waals surface area contributed by atoms with E-state index in [4.69, 9.17) is 0 Å². The zero-order chi connectivity index (χ0) is 20.9. The molecular formula is C21H23N5O2S. The molecule has 0 atom stereocenters. The number of benzene rings is 1. The largest absolute Gasteiger partial charge is 0.306 e. The lowest BCUT2D eigenvalue weighted by Crippen LogP contribution is -2.15. The molecule has 0 saturated heterocycles. The number of sulfonamides is 1. The van der Waals surface area contributed by atoms with E-state index in [-0.39, 0.29) is 4.90 Å². The van der Waals surface area contributed by atoms with Crippen LogP contribution in [-0.4, -0.2) is 27.6 Å². The number of anilines is 1. The van der Waals surface area contributed by atoms with Crippen LogP contribution < -0.4 is 4.72 Å². The van der Waals surface area contributed by atoms with E-state index < -0.39 is 10.0 Å². The summed E-state index contributed by atoms with van der Waals surface area (Å²) in [4.78, 5) is 4.89. The van der Waals surface area contributed by atoms with E-state index in [1.54, 1.807) is 25.6 Å². The molecule has 0 bridgehead atoms. The topological polar surface area (TPSA) is 81.3 Å². The van der Waals surface area contributed by atoms with E-state index in [9.17, 15) is 8.42 Å². The molecule has 150 valence electrons. The van der Waals surface area contributed by atoms with E-state index in [1.807, 2.05) is 61.0 Å². The first-order chi connectivity index (χ1) is 13.7. The first kappa shape index (κ1) is 19.2. The van der Waals surface area contributed by atoms with Crippen molar-refractivity contribution in [3.8, 4) is 11.3 Å². The number of nitrogens with one attached hydrogen (secondary N) is 1. The first-order valence-corrected chi connectivity index (χ1v) is 10.7. The summed E-state index contributed by atoms with van der Waals surface area (Å²) >= 11 is 0. The van der Waals surface area contributed by atoms with Crippen LogP contribution in [0.2, 0.25) is 0 Å². The highest BCUT2D eigenvalue weighted by Crippen LogP contribution is 2.28. The molecule has 0 unspecified atom stereocenters. The van der Waals surface area contributed by atoms with E-state index in [1.165, 1.54) is 0 Å². The Morgan fingerprint density at radius 1 is 1.03 bits per heavy atom. The molecule has 1 N–H and O–H groups in total. The monoisotopic (exact) mass is 409 g/mol. The average Bonchev–Trinajstić information content (AvgIpc) is 3.17. The standard InChI is InChI=1S/C21H23N5O2S/c1-13-8-9-26-12-19(22-20(26)10-13)17-7-6-14(2)18(11-17)24-29(27,28)21-15(3)23-25(5)16(21)4/h6-12,24H,1-5H3. The average molecular weight is 410 g/mol. The summed E-state index contributed by atoms with van der Waals surface area (Å²) < 4.78 is 32.4. The highest BCUT2D eigenvalue weighted by Gasteiger charge is 2.24. The smallest absolute Gasteiger partial charge is 0.265 e. The molecule has 0 fully saturated rings. The molecule has 3 heterocycles. The molecule has 7 nitrogen and oxygen atoms in total. The van der Waals surface area contributed by atoms with Gasteiger partial charge in [-0.25, -0.2) is 13.4 Å². The number of rotatable bonds is 4. The van der Waals surface area contributed by atoms with Crippen molar-refractivity contribution in [2.75, 3.05) is 4.72 Å². The van der Waals surface area contributed by atoms with Crippen LogP contribution in [0.1, 0.15) is 22.5 Å². The Kier molecular flexibility index (Phi) is 4.46. The summed E-state index contributed by atoms with van der Waals surface area (Å²) in [6.45, 7) is 7.34. The Balaban J connectivity index is 1.75. The molecule has 0 amide bonds. The fourth-order valence-corrected chi connectivity index (χ4v) is 5.02. The zero-order valence-electron chi connectivity index (χ0n) is 17.1. The molecule has 3 aromatic heterocycles. The lowest BCUT2D eigenvalue weighted by Gasteiger charge is -2.12. The minimum absolute atomic E-state index is 0.216. The Labute approximate surface area is 170 Å². The number of nitrogens with zero attached hydrogens (tertiary/aromatic N) is 4. The van der Waals surface area contributed by atoms with Gasteiger partial charge < -0.3 is 4.40 Å². The van der Waals surface area contributed by atoms with Gasteiger partial charge >= 0.3 is 0 Å². The quantitative estimate of drug-likeness (QED) is 0.556. The SMILES string of the molecule is Cc1ccn2cc(-c3ccc(C)c(NS(=O)(=O)c4c(C)nn(C)c4C)c3)nc2c1. The van der Waals surface area contributed by atoms with Crippen molar-refractivity contribution in [3.05, 3.63) is 65.2 Å². The Bertz CT molecular complexity index is 1350. The molecule has 8 heteroatoms. The summed E-state index contributed by atoms with van der Waals surface area (Å²) in [5, 5.41) is 4.22. The number of aromatic nitrogens is 4. The first-order valence-electron chi connectivity index (χ1n) is 9.25. The van der Waals surface area contributed by atoms with E-state index in [0.717, 1.165) is 28.0 Å². The minimum atomic E-state index is -3.76. The number of aryl methyl sites for hydroxylation is 4. The summed E-state index contributed by atoms with van der Waals surface area (Å²) in [7, 11) is -2.03. The summed E-state index contributed by atoms with van der Waals surface area (Å²) in [6, 6.07) is 9.69. The van der Waals surface area contributed by atoms with Crippen molar-refractivity contribution < 1.29 is 8.42 Å². The van der Waals surface area contributed by atoms with E-state index in [2.05, 4.69) is 14.8 Å². The Morgan fingerprint density at radius 3 is 2.48 bits per heavy atom.